The van der Waals surface area contributed by atoms with Crippen LogP contribution in [0.3, 0.4) is 0 Å². The minimum absolute atomic E-state index is 0.0996. The van der Waals surface area contributed by atoms with Crippen molar-refractivity contribution in [3.63, 3.8) is 0 Å². The molecule has 1 unspecified atom stereocenters. The normalized spacial score (nSPS) is 22.2. The molecule has 0 amide bonds. The van der Waals surface area contributed by atoms with Crippen molar-refractivity contribution in [2.75, 3.05) is 0 Å². The molecule has 0 aromatic heterocycles. The maximum atomic E-state index is 11.3. The van der Waals surface area contributed by atoms with Crippen LogP contribution in [0.5, 0.6) is 0 Å². The van der Waals surface area contributed by atoms with E-state index in [1.165, 1.54) is 0 Å². The highest BCUT2D eigenvalue weighted by Crippen LogP contribution is 2.27. The number of hydrogen-bond donors (Lipinski definition) is 0. The van der Waals surface area contributed by atoms with Gasteiger partial charge in [0.15, 0.2) is 5.78 Å². The summed E-state index contributed by atoms with van der Waals surface area (Å²) >= 11 is 0. The first-order valence-electron chi connectivity index (χ1n) is 4.40. The first kappa shape index (κ1) is 9.17. The Morgan fingerprint density at radius 1 is 1.58 bits per heavy atom. The lowest BCUT2D eigenvalue weighted by atomic mass is 9.94. The maximum absolute atomic E-state index is 11.3. The highest BCUT2D eigenvalue weighted by Gasteiger charge is 2.26. The van der Waals surface area contributed by atoms with Crippen LogP contribution in [0, 0.1) is 5.92 Å². The lowest BCUT2D eigenvalue weighted by molar-refractivity contribution is -0.122. The van der Waals surface area contributed by atoms with Crippen LogP contribution >= 0.6 is 0 Å². The molecular formula is C10H14O2. The first-order chi connectivity index (χ1) is 5.66. The molecule has 2 heteroatoms. The molecule has 0 aromatic rings. The molecule has 2 nitrogen and oxygen atoms in total. The number of rotatable bonds is 3. The molecule has 1 atom stereocenters. The number of ketones is 2. The van der Waals surface area contributed by atoms with Crippen LogP contribution in [0.25, 0.3) is 0 Å². The Morgan fingerprint density at radius 3 is 2.75 bits per heavy atom. The van der Waals surface area contributed by atoms with E-state index in [9.17, 15) is 9.59 Å². The molecule has 0 saturated carbocycles. The van der Waals surface area contributed by atoms with E-state index < -0.39 is 0 Å². The molecule has 12 heavy (non-hydrogen) atoms. The zero-order valence-electron chi connectivity index (χ0n) is 7.59. The van der Waals surface area contributed by atoms with E-state index in [1.807, 2.05) is 13.0 Å². The van der Waals surface area contributed by atoms with Crippen molar-refractivity contribution in [1.82, 2.24) is 0 Å². The summed E-state index contributed by atoms with van der Waals surface area (Å²) in [6, 6.07) is 0. The Bertz CT molecular complexity index is 238. The number of Topliss-reactive ketones (excluding diaryl/α,β-unsaturated/α-hetero) is 2. The largest absolute Gasteiger partial charge is 0.299 e. The molecule has 0 bridgehead atoms. The molecule has 1 rings (SSSR count). The lowest BCUT2D eigenvalue weighted by Gasteiger charge is -2.08. The van der Waals surface area contributed by atoms with Gasteiger partial charge in [-0.3, -0.25) is 9.59 Å². The van der Waals surface area contributed by atoms with Crippen molar-refractivity contribution in [2.45, 2.75) is 33.1 Å². The van der Waals surface area contributed by atoms with Crippen LogP contribution in [0.1, 0.15) is 33.1 Å². The van der Waals surface area contributed by atoms with Gasteiger partial charge in [0.25, 0.3) is 0 Å². The molecule has 0 heterocycles. The van der Waals surface area contributed by atoms with Gasteiger partial charge in [0.05, 0.1) is 0 Å². The van der Waals surface area contributed by atoms with Gasteiger partial charge >= 0.3 is 0 Å². The molecule has 1 aliphatic rings. The van der Waals surface area contributed by atoms with Crippen LogP contribution in [-0.4, -0.2) is 11.6 Å². The summed E-state index contributed by atoms with van der Waals surface area (Å²) in [4.78, 5) is 22.4. The highest BCUT2D eigenvalue weighted by molar-refractivity contribution is 6.01. The van der Waals surface area contributed by atoms with E-state index in [4.69, 9.17) is 0 Å². The number of carbonyl (C=O) groups excluding carboxylic acids is 2. The molecule has 0 radical (unpaired) electrons. The van der Waals surface area contributed by atoms with Crippen LogP contribution in [-0.2, 0) is 9.59 Å². The minimum atomic E-state index is -0.0996. The Kier molecular flexibility index (Phi) is 2.79. The minimum Gasteiger partial charge on any atom is -0.299 e. The third-order valence-corrected chi connectivity index (χ3v) is 2.33. The number of carbonyl (C=O) groups is 2. The summed E-state index contributed by atoms with van der Waals surface area (Å²) in [5.74, 6) is 0.158. The summed E-state index contributed by atoms with van der Waals surface area (Å²) in [5.41, 5.74) is 0.755. The fourth-order valence-corrected chi connectivity index (χ4v) is 1.64. The van der Waals surface area contributed by atoms with E-state index >= 15 is 0 Å². The number of hydrogen-bond acceptors (Lipinski definition) is 2. The van der Waals surface area contributed by atoms with Crippen molar-refractivity contribution in [3.8, 4) is 0 Å². The fourth-order valence-electron chi connectivity index (χ4n) is 1.64. The topological polar surface area (TPSA) is 34.1 Å². The van der Waals surface area contributed by atoms with Gasteiger partial charge < -0.3 is 0 Å². The third kappa shape index (κ3) is 1.63. The molecule has 0 saturated heterocycles. The fraction of sp³-hybridized carbons (Fsp3) is 0.600. The molecule has 0 fully saturated rings. The molecule has 0 spiro atoms. The predicted octanol–water partition coefficient (Wildman–Crippen LogP) is 1.89. The van der Waals surface area contributed by atoms with Gasteiger partial charge in [0.1, 0.15) is 5.78 Å². The summed E-state index contributed by atoms with van der Waals surface area (Å²) in [7, 11) is 0. The van der Waals surface area contributed by atoms with Crippen LogP contribution in [0.2, 0.25) is 0 Å². The molecule has 0 aliphatic heterocycles. The molecule has 66 valence electrons. The molecule has 1 aliphatic carbocycles. The van der Waals surface area contributed by atoms with Gasteiger partial charge in [-0.05, 0) is 19.8 Å². The van der Waals surface area contributed by atoms with Crippen molar-refractivity contribution in [2.24, 2.45) is 5.92 Å². The maximum Gasteiger partial charge on any atom is 0.158 e. The smallest absolute Gasteiger partial charge is 0.158 e. The summed E-state index contributed by atoms with van der Waals surface area (Å²) in [6.07, 6.45) is 4.13. The molecule has 0 aromatic carbocycles. The second kappa shape index (κ2) is 3.65. The quantitative estimate of drug-likeness (QED) is 0.641. The third-order valence-electron chi connectivity index (χ3n) is 2.33. The zero-order chi connectivity index (χ0) is 9.14. The van der Waals surface area contributed by atoms with Crippen molar-refractivity contribution >= 4 is 11.6 Å². The van der Waals surface area contributed by atoms with Crippen LogP contribution in [0.15, 0.2) is 11.6 Å². The van der Waals surface area contributed by atoms with Crippen molar-refractivity contribution < 1.29 is 9.59 Å². The summed E-state index contributed by atoms with van der Waals surface area (Å²) in [5, 5.41) is 0. The van der Waals surface area contributed by atoms with Gasteiger partial charge in [-0.2, -0.15) is 0 Å². The average molecular weight is 166 g/mol. The van der Waals surface area contributed by atoms with Crippen molar-refractivity contribution in [1.29, 1.82) is 0 Å². The highest BCUT2D eigenvalue weighted by atomic mass is 16.1. The van der Waals surface area contributed by atoms with Gasteiger partial charge in [-0.25, -0.2) is 0 Å². The predicted molar refractivity (Wildman–Crippen MR) is 46.8 cm³/mol. The number of allylic oxidation sites excluding steroid dienone is 2. The standard InChI is InChI=1S/C10H14O2/c1-3-10(12)9-6-4-5-8(9)7(2)11/h6,8H,3-5H2,1-2H3. The lowest BCUT2D eigenvalue weighted by Crippen LogP contribution is -2.15. The van der Waals surface area contributed by atoms with E-state index in [0.29, 0.717) is 6.42 Å². The monoisotopic (exact) mass is 166 g/mol. The Hall–Kier alpha value is -0.920. The average Bonchev–Trinajstić information content (AvgIpc) is 2.50. The van der Waals surface area contributed by atoms with Gasteiger partial charge in [0, 0.05) is 17.9 Å². The first-order valence-corrected chi connectivity index (χ1v) is 4.40. The van der Waals surface area contributed by atoms with Crippen molar-refractivity contribution in [3.05, 3.63) is 11.6 Å². The molecule has 0 N–H and O–H groups in total. The van der Waals surface area contributed by atoms with Crippen LogP contribution < -0.4 is 0 Å². The Morgan fingerprint density at radius 2 is 2.25 bits per heavy atom. The van der Waals surface area contributed by atoms with E-state index in [1.54, 1.807) is 6.92 Å². The summed E-state index contributed by atoms with van der Waals surface area (Å²) < 4.78 is 0. The molecular weight excluding hydrogens is 152 g/mol. The second-order valence-corrected chi connectivity index (χ2v) is 3.18. The zero-order valence-corrected chi connectivity index (χ0v) is 7.59. The Labute approximate surface area is 72.7 Å². The van der Waals surface area contributed by atoms with E-state index in [-0.39, 0.29) is 17.5 Å². The van der Waals surface area contributed by atoms with E-state index in [0.717, 1.165) is 18.4 Å². The van der Waals surface area contributed by atoms with Crippen LogP contribution in [0.4, 0.5) is 0 Å². The Balaban J connectivity index is 2.76. The second-order valence-electron chi connectivity index (χ2n) is 3.18. The van der Waals surface area contributed by atoms with E-state index in [2.05, 4.69) is 0 Å². The summed E-state index contributed by atoms with van der Waals surface area (Å²) in [6.45, 7) is 3.39. The van der Waals surface area contributed by atoms with Gasteiger partial charge in [-0.15, -0.1) is 0 Å². The van der Waals surface area contributed by atoms with Gasteiger partial charge in [-0.1, -0.05) is 13.0 Å². The SMILES string of the molecule is CCC(=O)C1=CCCC1C(C)=O. The van der Waals surface area contributed by atoms with Gasteiger partial charge in [0.2, 0.25) is 0 Å².